The van der Waals surface area contributed by atoms with Gasteiger partial charge in [-0.3, -0.25) is 9.78 Å². The highest BCUT2D eigenvalue weighted by Crippen LogP contribution is 2.33. The third-order valence-corrected chi connectivity index (χ3v) is 4.56. The molecule has 0 aromatic carbocycles. The zero-order valence-electron chi connectivity index (χ0n) is 14.8. The van der Waals surface area contributed by atoms with Gasteiger partial charge < -0.3 is 19.7 Å². The number of fused-ring (bicyclic) bond motifs is 1. The lowest BCUT2D eigenvalue weighted by Gasteiger charge is -2.34. The molecule has 0 saturated carbocycles. The summed E-state index contributed by atoms with van der Waals surface area (Å²) in [5, 5.41) is 14.9. The zero-order chi connectivity index (χ0) is 18.1. The monoisotopic (exact) mass is 355 g/mol. The van der Waals surface area contributed by atoms with Crippen molar-refractivity contribution < 1.29 is 9.53 Å². The molecule has 4 rings (SSSR count). The number of hydrogen-bond acceptors (Lipinski definition) is 7. The fourth-order valence-corrected chi connectivity index (χ4v) is 3.33. The van der Waals surface area contributed by atoms with E-state index in [0.29, 0.717) is 18.9 Å². The number of pyridine rings is 1. The SMILES string of the molecule is C[C@@H]1COCCN1c1cc(NCC=O)c2c(n1)c(-c1cc[nH]n1)nn2C. The van der Waals surface area contributed by atoms with Crippen LogP contribution < -0.4 is 10.2 Å². The highest BCUT2D eigenvalue weighted by molar-refractivity contribution is 5.98. The molecule has 2 N–H and O–H groups in total. The summed E-state index contributed by atoms with van der Waals surface area (Å²) >= 11 is 0. The Bertz CT molecular complexity index is 919. The molecule has 0 amide bonds. The first-order valence-corrected chi connectivity index (χ1v) is 8.59. The van der Waals surface area contributed by atoms with Crippen molar-refractivity contribution in [3.05, 3.63) is 18.3 Å². The van der Waals surface area contributed by atoms with Crippen molar-refractivity contribution >= 4 is 28.8 Å². The summed E-state index contributed by atoms with van der Waals surface area (Å²) in [6, 6.07) is 4.06. The topological polar surface area (TPSA) is 101 Å². The Morgan fingerprint density at radius 2 is 2.38 bits per heavy atom. The first kappa shape index (κ1) is 16.5. The molecule has 26 heavy (non-hydrogen) atoms. The number of hydrogen-bond donors (Lipinski definition) is 2. The fourth-order valence-electron chi connectivity index (χ4n) is 3.33. The van der Waals surface area contributed by atoms with Crippen molar-refractivity contribution in [2.45, 2.75) is 13.0 Å². The molecule has 1 atom stereocenters. The maximum atomic E-state index is 10.9. The average molecular weight is 355 g/mol. The molecule has 3 aromatic heterocycles. The number of aromatic amines is 1. The van der Waals surface area contributed by atoms with Crippen LogP contribution in [0.4, 0.5) is 11.5 Å². The Labute approximate surface area is 150 Å². The summed E-state index contributed by atoms with van der Waals surface area (Å²) in [6.07, 6.45) is 2.60. The summed E-state index contributed by atoms with van der Waals surface area (Å²) in [5.41, 5.74) is 3.86. The normalized spacial score (nSPS) is 17.6. The van der Waals surface area contributed by atoms with Crippen LogP contribution in [0.25, 0.3) is 22.4 Å². The van der Waals surface area contributed by atoms with Gasteiger partial charge >= 0.3 is 0 Å². The van der Waals surface area contributed by atoms with E-state index in [4.69, 9.17) is 9.72 Å². The van der Waals surface area contributed by atoms with Crippen molar-refractivity contribution in [3.63, 3.8) is 0 Å². The Balaban J connectivity index is 1.90. The second-order valence-corrected chi connectivity index (χ2v) is 6.32. The first-order valence-electron chi connectivity index (χ1n) is 8.59. The zero-order valence-corrected chi connectivity index (χ0v) is 14.8. The van der Waals surface area contributed by atoms with E-state index in [1.807, 2.05) is 19.2 Å². The summed E-state index contributed by atoms with van der Waals surface area (Å²) in [4.78, 5) is 18.0. The number of H-pyrrole nitrogens is 1. The van der Waals surface area contributed by atoms with Crippen LogP contribution >= 0.6 is 0 Å². The van der Waals surface area contributed by atoms with Crippen LogP contribution in [0, 0.1) is 0 Å². The fraction of sp³-hybridized carbons (Fsp3) is 0.412. The molecule has 0 bridgehead atoms. The Kier molecular flexibility index (Phi) is 4.29. The molecular weight excluding hydrogens is 334 g/mol. The lowest BCUT2D eigenvalue weighted by Crippen LogP contribution is -2.44. The lowest BCUT2D eigenvalue weighted by molar-refractivity contribution is -0.106. The molecule has 0 unspecified atom stereocenters. The molecule has 9 heteroatoms. The largest absolute Gasteiger partial charge is 0.377 e. The van der Waals surface area contributed by atoms with Gasteiger partial charge in [-0.25, -0.2) is 4.98 Å². The molecular formula is C17H21N7O2. The van der Waals surface area contributed by atoms with Gasteiger partial charge in [-0.15, -0.1) is 0 Å². The smallest absolute Gasteiger partial charge is 0.139 e. The van der Waals surface area contributed by atoms with Crippen LogP contribution in [0.5, 0.6) is 0 Å². The second kappa shape index (κ2) is 6.75. The highest BCUT2D eigenvalue weighted by atomic mass is 16.5. The van der Waals surface area contributed by atoms with E-state index in [0.717, 1.165) is 41.1 Å². The lowest BCUT2D eigenvalue weighted by atomic mass is 10.2. The minimum absolute atomic E-state index is 0.220. The average Bonchev–Trinajstić information content (AvgIpc) is 3.28. The van der Waals surface area contributed by atoms with Crippen LogP contribution in [0.1, 0.15) is 6.92 Å². The Morgan fingerprint density at radius 3 is 3.12 bits per heavy atom. The van der Waals surface area contributed by atoms with Gasteiger partial charge in [-0.1, -0.05) is 0 Å². The van der Waals surface area contributed by atoms with E-state index in [1.54, 1.807) is 10.9 Å². The molecule has 3 aromatic rings. The van der Waals surface area contributed by atoms with Gasteiger partial charge in [0.1, 0.15) is 34.5 Å². The summed E-state index contributed by atoms with van der Waals surface area (Å²) in [5.74, 6) is 0.839. The van der Waals surface area contributed by atoms with E-state index in [9.17, 15) is 4.79 Å². The number of nitrogens with zero attached hydrogens (tertiary/aromatic N) is 5. The number of carbonyl (C=O) groups excluding carboxylic acids is 1. The van der Waals surface area contributed by atoms with Gasteiger partial charge in [0, 0.05) is 25.9 Å². The summed E-state index contributed by atoms with van der Waals surface area (Å²) < 4.78 is 7.31. The first-order chi connectivity index (χ1) is 12.7. The predicted molar refractivity (Wildman–Crippen MR) is 98.3 cm³/mol. The maximum Gasteiger partial charge on any atom is 0.139 e. The van der Waals surface area contributed by atoms with E-state index < -0.39 is 0 Å². The van der Waals surface area contributed by atoms with Crippen molar-refractivity contribution in [1.82, 2.24) is 25.0 Å². The molecule has 0 radical (unpaired) electrons. The van der Waals surface area contributed by atoms with E-state index >= 15 is 0 Å². The number of morpholine rings is 1. The number of carbonyl (C=O) groups is 1. The van der Waals surface area contributed by atoms with Crippen LogP contribution in [0.3, 0.4) is 0 Å². The van der Waals surface area contributed by atoms with Crippen LogP contribution in [0.2, 0.25) is 0 Å². The predicted octanol–water partition coefficient (Wildman–Crippen LogP) is 1.19. The van der Waals surface area contributed by atoms with Crippen molar-refractivity contribution in [1.29, 1.82) is 0 Å². The molecule has 136 valence electrons. The van der Waals surface area contributed by atoms with Gasteiger partial charge in [0.2, 0.25) is 0 Å². The highest BCUT2D eigenvalue weighted by Gasteiger charge is 2.24. The number of ether oxygens (including phenoxy) is 1. The van der Waals surface area contributed by atoms with Gasteiger partial charge in [-0.2, -0.15) is 10.2 Å². The van der Waals surface area contributed by atoms with Crippen molar-refractivity contribution in [2.75, 3.05) is 36.5 Å². The number of aromatic nitrogens is 5. The van der Waals surface area contributed by atoms with Crippen molar-refractivity contribution in [3.8, 4) is 11.4 Å². The van der Waals surface area contributed by atoms with Gasteiger partial charge in [0.25, 0.3) is 0 Å². The number of anilines is 2. The van der Waals surface area contributed by atoms with Gasteiger partial charge in [0.15, 0.2) is 0 Å². The van der Waals surface area contributed by atoms with Crippen LogP contribution in [0.15, 0.2) is 18.3 Å². The number of rotatable bonds is 5. The molecule has 9 nitrogen and oxygen atoms in total. The van der Waals surface area contributed by atoms with Crippen LogP contribution in [-0.4, -0.2) is 63.6 Å². The molecule has 1 fully saturated rings. The minimum atomic E-state index is 0.220. The van der Waals surface area contributed by atoms with Crippen molar-refractivity contribution in [2.24, 2.45) is 7.05 Å². The summed E-state index contributed by atoms with van der Waals surface area (Å²) in [7, 11) is 1.86. The molecule has 4 heterocycles. The van der Waals surface area contributed by atoms with Crippen LogP contribution in [-0.2, 0) is 16.6 Å². The second-order valence-electron chi connectivity index (χ2n) is 6.32. The standard InChI is InChI=1S/C17H21N7O2/c1-11-10-26-8-6-24(11)14-9-13(18-5-7-25)17-16(20-14)15(22-23(17)2)12-3-4-19-21-12/h3-4,7,9,11H,5-6,8,10H2,1-2H3,(H,18,20)(H,19,21)/t11-/m1/s1. The molecule has 1 aliphatic rings. The summed E-state index contributed by atoms with van der Waals surface area (Å²) in [6.45, 7) is 4.43. The molecule has 0 spiro atoms. The third kappa shape index (κ3) is 2.80. The number of nitrogens with one attached hydrogen (secondary N) is 2. The quantitative estimate of drug-likeness (QED) is 0.663. The van der Waals surface area contributed by atoms with Gasteiger partial charge in [0.05, 0.1) is 31.5 Å². The number of aryl methyl sites for hydroxylation is 1. The Hall–Kier alpha value is -2.94. The maximum absolute atomic E-state index is 10.9. The molecule has 1 saturated heterocycles. The molecule has 1 aliphatic heterocycles. The van der Waals surface area contributed by atoms with Gasteiger partial charge in [-0.05, 0) is 13.0 Å². The van der Waals surface area contributed by atoms with E-state index in [2.05, 4.69) is 32.4 Å². The number of aldehydes is 1. The molecule has 0 aliphatic carbocycles. The minimum Gasteiger partial charge on any atom is -0.377 e. The van der Waals surface area contributed by atoms with E-state index in [1.165, 1.54) is 0 Å². The van der Waals surface area contributed by atoms with E-state index in [-0.39, 0.29) is 12.6 Å². The third-order valence-electron chi connectivity index (χ3n) is 4.56. The Morgan fingerprint density at radius 1 is 1.50 bits per heavy atom.